The first-order valence-electron chi connectivity index (χ1n) is 4.23. The highest BCUT2D eigenvalue weighted by Crippen LogP contribution is 1.99. The lowest BCUT2D eigenvalue weighted by atomic mass is 10.2. The zero-order chi connectivity index (χ0) is 9.36. The van der Waals surface area contributed by atoms with Crippen LogP contribution >= 0.6 is 0 Å². The Morgan fingerprint density at radius 3 is 2.69 bits per heavy atom. The van der Waals surface area contributed by atoms with E-state index in [2.05, 4.69) is 12.1 Å². The number of rotatable bonds is 5. The normalized spacial score (nSPS) is 10.5. The van der Waals surface area contributed by atoms with E-state index in [1.807, 2.05) is 24.3 Å². The van der Waals surface area contributed by atoms with E-state index in [1.165, 1.54) is 5.56 Å². The molecular formula is C11H14O2. The topological polar surface area (TPSA) is 18.5 Å². The third-order valence-electron chi connectivity index (χ3n) is 1.57. The van der Waals surface area contributed by atoms with Gasteiger partial charge in [-0.15, -0.1) is 0 Å². The van der Waals surface area contributed by atoms with Crippen LogP contribution in [0.3, 0.4) is 0 Å². The molecule has 0 heterocycles. The predicted molar refractivity (Wildman–Crippen MR) is 52.2 cm³/mol. The summed E-state index contributed by atoms with van der Waals surface area (Å²) in [6, 6.07) is 10.2. The average molecular weight is 178 g/mol. The Bertz CT molecular complexity index is 242. The van der Waals surface area contributed by atoms with Gasteiger partial charge in [0.05, 0.1) is 6.26 Å². The van der Waals surface area contributed by atoms with Gasteiger partial charge in [0.1, 0.15) is 0 Å². The average Bonchev–Trinajstić information content (AvgIpc) is 2.19. The molecule has 0 saturated heterocycles. The lowest BCUT2D eigenvalue weighted by molar-refractivity contribution is 0.0197. The van der Waals surface area contributed by atoms with Crippen LogP contribution in [-0.4, -0.2) is 13.9 Å². The van der Waals surface area contributed by atoms with Crippen molar-refractivity contribution in [2.24, 2.45) is 0 Å². The first-order chi connectivity index (χ1) is 6.43. The minimum absolute atomic E-state index is 0.311. The van der Waals surface area contributed by atoms with Gasteiger partial charge in [-0.1, -0.05) is 30.3 Å². The molecule has 0 atom stereocenters. The van der Waals surface area contributed by atoms with Gasteiger partial charge >= 0.3 is 0 Å². The summed E-state index contributed by atoms with van der Waals surface area (Å²) in [5.41, 5.74) is 1.28. The van der Waals surface area contributed by atoms with Crippen LogP contribution in [0.15, 0.2) is 42.7 Å². The van der Waals surface area contributed by atoms with E-state index in [4.69, 9.17) is 9.47 Å². The van der Waals surface area contributed by atoms with Crippen LogP contribution in [0.2, 0.25) is 0 Å². The Labute approximate surface area is 78.8 Å². The fourth-order valence-electron chi connectivity index (χ4n) is 0.974. The predicted octanol–water partition coefficient (Wildman–Crippen LogP) is 2.36. The molecule has 0 bridgehead atoms. The van der Waals surface area contributed by atoms with Gasteiger partial charge in [-0.25, -0.2) is 0 Å². The second-order valence-electron chi connectivity index (χ2n) is 2.63. The second-order valence-corrected chi connectivity index (χ2v) is 2.63. The lowest BCUT2D eigenvalue weighted by Crippen LogP contribution is -1.88. The number of hydrogen-bond acceptors (Lipinski definition) is 2. The second kappa shape index (κ2) is 6.26. The van der Waals surface area contributed by atoms with Crippen LogP contribution in [-0.2, 0) is 15.9 Å². The summed E-state index contributed by atoms with van der Waals surface area (Å²) < 4.78 is 9.72. The smallest absolute Gasteiger partial charge is 0.187 e. The molecule has 0 aromatic heterocycles. The van der Waals surface area contributed by atoms with Crippen molar-refractivity contribution in [3.8, 4) is 0 Å². The van der Waals surface area contributed by atoms with E-state index in [1.54, 1.807) is 13.4 Å². The van der Waals surface area contributed by atoms with E-state index >= 15 is 0 Å². The molecule has 0 aliphatic rings. The Balaban J connectivity index is 2.23. The molecule has 0 amide bonds. The molecule has 13 heavy (non-hydrogen) atoms. The van der Waals surface area contributed by atoms with Crippen LogP contribution in [0.4, 0.5) is 0 Å². The maximum absolute atomic E-state index is 5.00. The molecule has 0 aliphatic carbocycles. The van der Waals surface area contributed by atoms with Gasteiger partial charge in [0.2, 0.25) is 0 Å². The van der Waals surface area contributed by atoms with Crippen LogP contribution in [0.5, 0.6) is 0 Å². The fraction of sp³-hybridized carbons (Fsp3) is 0.273. The van der Waals surface area contributed by atoms with Gasteiger partial charge in [-0.3, -0.25) is 0 Å². The van der Waals surface area contributed by atoms with Crippen molar-refractivity contribution in [3.63, 3.8) is 0 Å². The van der Waals surface area contributed by atoms with Crippen LogP contribution in [0.1, 0.15) is 5.56 Å². The molecule has 1 aromatic rings. The zero-order valence-electron chi connectivity index (χ0n) is 7.77. The van der Waals surface area contributed by atoms with E-state index < -0.39 is 0 Å². The largest absolute Gasteiger partial charge is 0.475 e. The first kappa shape index (κ1) is 9.81. The Morgan fingerprint density at radius 2 is 2.00 bits per heavy atom. The van der Waals surface area contributed by atoms with Crippen molar-refractivity contribution < 1.29 is 9.47 Å². The van der Waals surface area contributed by atoms with E-state index in [0.29, 0.717) is 6.79 Å². The molecule has 0 fully saturated rings. The van der Waals surface area contributed by atoms with Gasteiger partial charge in [-0.2, -0.15) is 0 Å². The highest BCUT2D eigenvalue weighted by Gasteiger charge is 1.85. The summed E-state index contributed by atoms with van der Waals surface area (Å²) >= 11 is 0. The third-order valence-corrected chi connectivity index (χ3v) is 1.57. The molecule has 0 aliphatic heterocycles. The summed E-state index contributed by atoms with van der Waals surface area (Å²) in [5, 5.41) is 0. The Morgan fingerprint density at radius 1 is 1.23 bits per heavy atom. The molecule has 0 saturated carbocycles. The maximum Gasteiger partial charge on any atom is 0.187 e. The molecule has 0 N–H and O–H groups in total. The molecule has 1 aromatic carbocycles. The molecular weight excluding hydrogens is 164 g/mol. The summed E-state index contributed by atoms with van der Waals surface area (Å²) in [5.74, 6) is 0. The summed E-state index contributed by atoms with van der Waals surface area (Å²) in [7, 11) is 1.60. The quantitative estimate of drug-likeness (QED) is 0.391. The maximum atomic E-state index is 5.00. The van der Waals surface area contributed by atoms with Gasteiger partial charge in [0.25, 0.3) is 0 Å². The molecule has 2 heteroatoms. The van der Waals surface area contributed by atoms with Gasteiger partial charge in [0.15, 0.2) is 6.79 Å². The summed E-state index contributed by atoms with van der Waals surface area (Å²) in [6.45, 7) is 0.311. The monoisotopic (exact) mass is 178 g/mol. The van der Waals surface area contributed by atoms with Crippen LogP contribution < -0.4 is 0 Å². The number of benzene rings is 1. The van der Waals surface area contributed by atoms with Crippen LogP contribution in [0.25, 0.3) is 0 Å². The van der Waals surface area contributed by atoms with Gasteiger partial charge in [-0.05, 0) is 18.1 Å². The van der Waals surface area contributed by atoms with Crippen molar-refractivity contribution in [1.29, 1.82) is 0 Å². The fourth-order valence-corrected chi connectivity index (χ4v) is 0.974. The van der Waals surface area contributed by atoms with Crippen LogP contribution in [0, 0.1) is 0 Å². The molecule has 0 spiro atoms. The number of hydrogen-bond donors (Lipinski definition) is 0. The SMILES string of the molecule is COCOC=CCc1ccccc1. The van der Waals surface area contributed by atoms with Gasteiger partial charge in [0, 0.05) is 7.11 Å². The van der Waals surface area contributed by atoms with E-state index in [-0.39, 0.29) is 0 Å². The van der Waals surface area contributed by atoms with Crippen molar-refractivity contribution in [3.05, 3.63) is 48.2 Å². The molecule has 0 radical (unpaired) electrons. The minimum atomic E-state index is 0.311. The first-order valence-corrected chi connectivity index (χ1v) is 4.23. The molecule has 2 nitrogen and oxygen atoms in total. The lowest BCUT2D eigenvalue weighted by Gasteiger charge is -1.97. The van der Waals surface area contributed by atoms with Crippen molar-refractivity contribution in [2.75, 3.05) is 13.9 Å². The Kier molecular flexibility index (Phi) is 4.72. The van der Waals surface area contributed by atoms with Crippen molar-refractivity contribution in [2.45, 2.75) is 6.42 Å². The summed E-state index contributed by atoms with van der Waals surface area (Å²) in [6.07, 6.45) is 4.52. The van der Waals surface area contributed by atoms with E-state index in [0.717, 1.165) is 6.42 Å². The standard InChI is InChI=1S/C11H14O2/c1-12-10-13-9-5-8-11-6-3-2-4-7-11/h2-7,9H,8,10H2,1H3. The zero-order valence-corrected chi connectivity index (χ0v) is 7.77. The number of allylic oxidation sites excluding steroid dienone is 1. The number of methoxy groups -OCH3 is 1. The molecule has 0 unspecified atom stereocenters. The molecule has 1 rings (SSSR count). The highest BCUT2D eigenvalue weighted by atomic mass is 16.7. The third kappa shape index (κ3) is 4.33. The Hall–Kier alpha value is -1.28. The van der Waals surface area contributed by atoms with E-state index in [9.17, 15) is 0 Å². The highest BCUT2D eigenvalue weighted by molar-refractivity contribution is 5.16. The van der Waals surface area contributed by atoms with Crippen molar-refractivity contribution in [1.82, 2.24) is 0 Å². The minimum Gasteiger partial charge on any atom is -0.475 e. The number of ether oxygens (including phenoxy) is 2. The summed E-state index contributed by atoms with van der Waals surface area (Å²) in [4.78, 5) is 0. The van der Waals surface area contributed by atoms with Gasteiger partial charge < -0.3 is 9.47 Å². The van der Waals surface area contributed by atoms with Crippen molar-refractivity contribution >= 4 is 0 Å². The molecule has 70 valence electrons.